The number of sulfonamides is 1. The molecule has 0 radical (unpaired) electrons. The number of rotatable bonds is 5. The first-order chi connectivity index (χ1) is 11.2. The Labute approximate surface area is 140 Å². The maximum Gasteiger partial charge on any atom is 0.329 e. The van der Waals surface area contributed by atoms with Crippen LogP contribution in [0.3, 0.4) is 0 Å². The van der Waals surface area contributed by atoms with Gasteiger partial charge in [0.25, 0.3) is 5.91 Å². The van der Waals surface area contributed by atoms with Crippen LogP contribution >= 0.6 is 0 Å². The summed E-state index contributed by atoms with van der Waals surface area (Å²) in [7, 11) is -3.56. The molecule has 8 heteroatoms. The highest BCUT2D eigenvalue weighted by atomic mass is 32.2. The summed E-state index contributed by atoms with van der Waals surface area (Å²) in [6, 6.07) is 5.64. The van der Waals surface area contributed by atoms with E-state index in [4.69, 9.17) is 0 Å². The van der Waals surface area contributed by atoms with Crippen LogP contribution in [0, 0.1) is 0 Å². The van der Waals surface area contributed by atoms with Crippen LogP contribution in [-0.2, 0) is 14.8 Å². The zero-order valence-corrected chi connectivity index (χ0v) is 14.2. The molecule has 2 aliphatic rings. The molecule has 1 aromatic rings. The summed E-state index contributed by atoms with van der Waals surface area (Å²) < 4.78 is 26.8. The SMILES string of the molecule is CC1(C(=O)O)CCCN1C(=O)c1ccc(S(=O)(=O)NC2CC2)cc1. The van der Waals surface area contributed by atoms with Gasteiger partial charge in [0.1, 0.15) is 5.54 Å². The number of amides is 1. The van der Waals surface area contributed by atoms with E-state index in [0.29, 0.717) is 19.4 Å². The summed E-state index contributed by atoms with van der Waals surface area (Å²) in [6.45, 7) is 1.92. The summed E-state index contributed by atoms with van der Waals surface area (Å²) >= 11 is 0. The lowest BCUT2D eigenvalue weighted by molar-refractivity contribution is -0.147. The highest BCUT2D eigenvalue weighted by Gasteiger charge is 2.46. The van der Waals surface area contributed by atoms with Gasteiger partial charge in [-0.15, -0.1) is 0 Å². The number of carboxylic acids is 1. The Bertz CT molecular complexity index is 770. The molecule has 0 spiro atoms. The molecule has 1 saturated carbocycles. The van der Waals surface area contributed by atoms with E-state index in [1.165, 1.54) is 29.2 Å². The Balaban J connectivity index is 1.80. The van der Waals surface area contributed by atoms with Crippen LogP contribution in [0.25, 0.3) is 0 Å². The van der Waals surface area contributed by atoms with Crippen LogP contribution in [-0.4, -0.2) is 48.4 Å². The lowest BCUT2D eigenvalue weighted by Gasteiger charge is -2.31. The molecule has 0 aromatic heterocycles. The fourth-order valence-corrected chi connectivity index (χ4v) is 4.24. The minimum atomic E-state index is -3.56. The van der Waals surface area contributed by atoms with Crippen molar-refractivity contribution in [3.63, 3.8) is 0 Å². The number of carboxylic acid groups (broad SMARTS) is 1. The van der Waals surface area contributed by atoms with Crippen molar-refractivity contribution in [3.8, 4) is 0 Å². The van der Waals surface area contributed by atoms with Crippen molar-refractivity contribution in [2.75, 3.05) is 6.54 Å². The summed E-state index contributed by atoms with van der Waals surface area (Å²) in [4.78, 5) is 25.5. The number of hydrogen-bond acceptors (Lipinski definition) is 4. The number of nitrogens with zero attached hydrogens (tertiary/aromatic N) is 1. The van der Waals surface area contributed by atoms with Crippen LogP contribution in [0.2, 0.25) is 0 Å². The van der Waals surface area contributed by atoms with Crippen LogP contribution in [0.15, 0.2) is 29.2 Å². The van der Waals surface area contributed by atoms with Crippen molar-refractivity contribution >= 4 is 21.9 Å². The largest absolute Gasteiger partial charge is 0.480 e. The van der Waals surface area contributed by atoms with Crippen LogP contribution in [0.1, 0.15) is 43.0 Å². The quantitative estimate of drug-likeness (QED) is 0.829. The minimum absolute atomic E-state index is 0.0113. The van der Waals surface area contributed by atoms with Gasteiger partial charge in [-0.2, -0.15) is 0 Å². The molecular formula is C16H20N2O5S. The van der Waals surface area contributed by atoms with E-state index in [0.717, 1.165) is 12.8 Å². The first kappa shape index (κ1) is 16.9. The van der Waals surface area contributed by atoms with Gasteiger partial charge in [0.05, 0.1) is 4.90 Å². The van der Waals surface area contributed by atoms with Gasteiger partial charge in [0, 0.05) is 18.2 Å². The van der Waals surface area contributed by atoms with Crippen molar-refractivity contribution in [3.05, 3.63) is 29.8 Å². The molecule has 7 nitrogen and oxygen atoms in total. The Kier molecular flexibility index (Phi) is 4.13. The van der Waals surface area contributed by atoms with Crippen molar-refractivity contribution in [2.45, 2.75) is 49.1 Å². The predicted molar refractivity (Wildman–Crippen MR) is 86.1 cm³/mol. The molecule has 1 aliphatic heterocycles. The van der Waals surface area contributed by atoms with Gasteiger partial charge in [-0.05, 0) is 56.9 Å². The van der Waals surface area contributed by atoms with Gasteiger partial charge >= 0.3 is 5.97 Å². The third-order valence-corrected chi connectivity index (χ3v) is 6.19. The van der Waals surface area contributed by atoms with Crippen molar-refractivity contribution < 1.29 is 23.1 Å². The van der Waals surface area contributed by atoms with E-state index >= 15 is 0 Å². The Morgan fingerprint density at radius 3 is 2.42 bits per heavy atom. The summed E-state index contributed by atoms with van der Waals surface area (Å²) in [5, 5.41) is 9.40. The molecule has 1 aromatic carbocycles. The van der Waals surface area contributed by atoms with E-state index in [1.807, 2.05) is 0 Å². The molecular weight excluding hydrogens is 332 g/mol. The van der Waals surface area contributed by atoms with E-state index < -0.39 is 27.4 Å². The molecule has 1 amide bonds. The minimum Gasteiger partial charge on any atom is -0.480 e. The molecule has 2 N–H and O–H groups in total. The molecule has 1 saturated heterocycles. The van der Waals surface area contributed by atoms with E-state index in [-0.39, 0.29) is 16.5 Å². The molecule has 1 aliphatic carbocycles. The Hall–Kier alpha value is -1.93. The number of aliphatic carboxylic acids is 1. The van der Waals surface area contributed by atoms with Crippen LogP contribution in [0.5, 0.6) is 0 Å². The second-order valence-corrected chi connectivity index (χ2v) is 8.27. The van der Waals surface area contributed by atoms with Crippen LogP contribution < -0.4 is 4.72 Å². The zero-order chi connectivity index (χ0) is 17.5. The number of likely N-dealkylation sites (tertiary alicyclic amines) is 1. The monoisotopic (exact) mass is 352 g/mol. The highest BCUT2D eigenvalue weighted by molar-refractivity contribution is 7.89. The van der Waals surface area contributed by atoms with Crippen molar-refractivity contribution in [1.82, 2.24) is 9.62 Å². The first-order valence-electron chi connectivity index (χ1n) is 7.92. The second-order valence-electron chi connectivity index (χ2n) is 6.56. The normalized spacial score (nSPS) is 24.1. The average Bonchev–Trinajstić information content (AvgIpc) is 3.24. The van der Waals surface area contributed by atoms with Gasteiger partial charge < -0.3 is 10.0 Å². The van der Waals surface area contributed by atoms with Gasteiger partial charge in [0.15, 0.2) is 0 Å². The maximum absolute atomic E-state index is 12.6. The lowest BCUT2D eigenvalue weighted by Crippen LogP contribution is -2.50. The first-order valence-corrected chi connectivity index (χ1v) is 9.40. The third kappa shape index (κ3) is 3.03. The maximum atomic E-state index is 12.6. The zero-order valence-electron chi connectivity index (χ0n) is 13.4. The lowest BCUT2D eigenvalue weighted by atomic mass is 9.98. The Morgan fingerprint density at radius 1 is 1.25 bits per heavy atom. The number of carbonyl (C=O) groups excluding carboxylic acids is 1. The molecule has 130 valence electrons. The van der Waals surface area contributed by atoms with Gasteiger partial charge in [-0.1, -0.05) is 0 Å². The molecule has 1 unspecified atom stereocenters. The summed E-state index contributed by atoms with van der Waals surface area (Å²) in [5.41, 5.74) is -0.926. The Morgan fingerprint density at radius 2 is 1.88 bits per heavy atom. The number of carbonyl (C=O) groups is 2. The molecule has 0 bridgehead atoms. The average molecular weight is 352 g/mol. The number of hydrogen-bond donors (Lipinski definition) is 2. The molecule has 1 heterocycles. The number of benzene rings is 1. The van der Waals surface area contributed by atoms with Crippen molar-refractivity contribution in [2.24, 2.45) is 0 Å². The second kappa shape index (κ2) is 5.86. The van der Waals surface area contributed by atoms with Gasteiger partial charge in [-0.25, -0.2) is 17.9 Å². The molecule has 2 fully saturated rings. The smallest absolute Gasteiger partial charge is 0.329 e. The van der Waals surface area contributed by atoms with E-state index in [2.05, 4.69) is 4.72 Å². The topological polar surface area (TPSA) is 104 Å². The van der Waals surface area contributed by atoms with Crippen LogP contribution in [0.4, 0.5) is 0 Å². The summed E-state index contributed by atoms with van der Waals surface area (Å²) in [6.07, 6.45) is 2.73. The van der Waals surface area contributed by atoms with Gasteiger partial charge in [-0.3, -0.25) is 4.79 Å². The predicted octanol–water partition coefficient (Wildman–Crippen LogP) is 1.21. The van der Waals surface area contributed by atoms with E-state index in [9.17, 15) is 23.1 Å². The standard InChI is InChI=1S/C16H20N2O5S/c1-16(15(20)21)9-2-10-18(16)14(19)11-3-7-13(8-4-11)24(22,23)17-12-5-6-12/h3-4,7-8,12,17H,2,5-6,9-10H2,1H3,(H,20,21). The summed E-state index contributed by atoms with van der Waals surface area (Å²) in [5.74, 6) is -1.42. The highest BCUT2D eigenvalue weighted by Crippen LogP contribution is 2.31. The molecule has 1 atom stereocenters. The fourth-order valence-electron chi connectivity index (χ4n) is 2.93. The number of nitrogens with one attached hydrogen (secondary N) is 1. The molecule has 24 heavy (non-hydrogen) atoms. The van der Waals surface area contributed by atoms with Crippen molar-refractivity contribution in [1.29, 1.82) is 0 Å². The molecule has 3 rings (SSSR count). The van der Waals surface area contributed by atoms with E-state index in [1.54, 1.807) is 6.92 Å². The third-order valence-electron chi connectivity index (χ3n) is 4.66. The fraction of sp³-hybridized carbons (Fsp3) is 0.500. The van der Waals surface area contributed by atoms with Gasteiger partial charge in [0.2, 0.25) is 10.0 Å².